The summed E-state index contributed by atoms with van der Waals surface area (Å²) in [5.74, 6) is 0.581. The van der Waals surface area contributed by atoms with E-state index < -0.39 is 6.04 Å². The molecule has 1 atom stereocenters. The summed E-state index contributed by atoms with van der Waals surface area (Å²) in [6.07, 6.45) is 1.69. The Kier molecular flexibility index (Phi) is 3.06. The minimum absolute atomic E-state index is 0.127. The molecule has 0 aliphatic heterocycles. The molecule has 4 N–H and O–H groups in total. The number of imidazole rings is 1. The number of thiophene rings is 1. The molecule has 0 saturated heterocycles. The van der Waals surface area contributed by atoms with E-state index in [1.54, 1.807) is 6.20 Å². The van der Waals surface area contributed by atoms with Crippen LogP contribution in [0.25, 0.3) is 10.6 Å². The summed E-state index contributed by atoms with van der Waals surface area (Å²) in [6, 6.07) is 3.28. The van der Waals surface area contributed by atoms with E-state index in [1.165, 1.54) is 11.3 Å². The molecule has 2 aromatic heterocycles. The minimum atomic E-state index is -0.464. The molecule has 0 fully saturated rings. The molecule has 0 aliphatic rings. The topological polar surface area (TPSA) is 74.9 Å². The number of hydrogen-bond acceptors (Lipinski definition) is 4. The Morgan fingerprint density at radius 1 is 1.60 bits per heavy atom. The molecule has 0 aromatic carbocycles. The van der Waals surface area contributed by atoms with Gasteiger partial charge >= 0.3 is 0 Å². The van der Waals surface area contributed by atoms with Crippen molar-refractivity contribution in [2.45, 2.75) is 6.04 Å². The summed E-state index contributed by atoms with van der Waals surface area (Å²) in [5.41, 5.74) is 6.49. The number of nitrogens with two attached hydrogens (primary N) is 1. The van der Waals surface area contributed by atoms with Crippen molar-refractivity contribution < 1.29 is 5.11 Å². The van der Waals surface area contributed by atoms with Gasteiger partial charge in [-0.1, -0.05) is 11.6 Å². The van der Waals surface area contributed by atoms with Crippen molar-refractivity contribution in [1.29, 1.82) is 0 Å². The van der Waals surface area contributed by atoms with E-state index >= 15 is 0 Å². The lowest BCUT2D eigenvalue weighted by Gasteiger charge is -2.02. The monoisotopic (exact) mass is 243 g/mol. The predicted octanol–water partition coefficient (Wildman–Crippen LogP) is 1.78. The van der Waals surface area contributed by atoms with Crippen molar-refractivity contribution in [3.05, 3.63) is 28.5 Å². The lowest BCUT2D eigenvalue weighted by Crippen LogP contribution is -2.15. The zero-order valence-electron chi connectivity index (χ0n) is 7.77. The number of H-pyrrole nitrogens is 1. The fourth-order valence-electron chi connectivity index (χ4n) is 1.20. The van der Waals surface area contributed by atoms with Crippen LogP contribution in [-0.4, -0.2) is 21.7 Å². The quantitative estimate of drug-likeness (QED) is 0.769. The van der Waals surface area contributed by atoms with Crippen LogP contribution in [-0.2, 0) is 0 Å². The van der Waals surface area contributed by atoms with E-state index in [0.29, 0.717) is 5.82 Å². The first kappa shape index (κ1) is 10.6. The molecule has 0 spiro atoms. The number of aromatic nitrogens is 2. The summed E-state index contributed by atoms with van der Waals surface area (Å²) in [4.78, 5) is 8.15. The van der Waals surface area contributed by atoms with Crippen LogP contribution in [0.5, 0.6) is 0 Å². The maximum Gasteiger partial charge on any atom is 0.125 e. The summed E-state index contributed by atoms with van der Waals surface area (Å²) >= 11 is 7.29. The van der Waals surface area contributed by atoms with E-state index in [9.17, 15) is 0 Å². The molecule has 2 aromatic rings. The van der Waals surface area contributed by atoms with Gasteiger partial charge in [-0.3, -0.25) is 0 Å². The fraction of sp³-hybridized carbons (Fsp3) is 0.222. The molecule has 2 rings (SSSR count). The highest BCUT2D eigenvalue weighted by molar-refractivity contribution is 7.19. The largest absolute Gasteiger partial charge is 0.394 e. The van der Waals surface area contributed by atoms with Crippen molar-refractivity contribution >= 4 is 22.9 Å². The van der Waals surface area contributed by atoms with Crippen LogP contribution in [0.1, 0.15) is 11.9 Å². The zero-order chi connectivity index (χ0) is 10.8. The van der Waals surface area contributed by atoms with Crippen molar-refractivity contribution in [1.82, 2.24) is 9.97 Å². The van der Waals surface area contributed by atoms with Gasteiger partial charge in [0.2, 0.25) is 0 Å². The molecule has 0 radical (unpaired) electrons. The van der Waals surface area contributed by atoms with Gasteiger partial charge < -0.3 is 15.8 Å². The molecule has 0 saturated carbocycles. The smallest absolute Gasteiger partial charge is 0.125 e. The summed E-state index contributed by atoms with van der Waals surface area (Å²) in [7, 11) is 0. The Balaban J connectivity index is 2.27. The Hall–Kier alpha value is -0.880. The van der Waals surface area contributed by atoms with Crippen LogP contribution >= 0.6 is 22.9 Å². The Morgan fingerprint density at radius 3 is 3.00 bits per heavy atom. The highest BCUT2D eigenvalue weighted by Gasteiger charge is 2.10. The van der Waals surface area contributed by atoms with E-state index in [4.69, 9.17) is 22.4 Å². The molecule has 2 heterocycles. The second-order valence-electron chi connectivity index (χ2n) is 3.07. The van der Waals surface area contributed by atoms with Gasteiger partial charge in [0.1, 0.15) is 5.82 Å². The molecular formula is C9H10ClN3OS. The number of aliphatic hydroxyl groups is 1. The van der Waals surface area contributed by atoms with Crippen molar-refractivity contribution in [2.75, 3.05) is 6.61 Å². The average molecular weight is 244 g/mol. The Labute approximate surface area is 95.7 Å². The molecule has 6 heteroatoms. The number of nitrogens with one attached hydrogen (secondary N) is 1. The van der Waals surface area contributed by atoms with Crippen LogP contribution in [0, 0.1) is 0 Å². The van der Waals surface area contributed by atoms with Crippen LogP contribution in [0.15, 0.2) is 18.3 Å². The molecular weight excluding hydrogens is 234 g/mol. The lowest BCUT2D eigenvalue weighted by molar-refractivity contribution is 0.264. The third kappa shape index (κ3) is 2.21. The highest BCUT2D eigenvalue weighted by Crippen LogP contribution is 2.30. The minimum Gasteiger partial charge on any atom is -0.394 e. The third-order valence-corrected chi connectivity index (χ3v) is 3.25. The van der Waals surface area contributed by atoms with Gasteiger partial charge in [-0.05, 0) is 12.1 Å². The number of hydrogen-bond donors (Lipinski definition) is 3. The van der Waals surface area contributed by atoms with Crippen LogP contribution in [0.4, 0.5) is 0 Å². The molecule has 0 amide bonds. The van der Waals surface area contributed by atoms with Crippen LogP contribution in [0.2, 0.25) is 4.34 Å². The first-order valence-electron chi connectivity index (χ1n) is 4.37. The summed E-state index contributed by atoms with van der Waals surface area (Å²) in [5, 5.41) is 8.87. The van der Waals surface area contributed by atoms with E-state index in [1.807, 2.05) is 12.1 Å². The first-order chi connectivity index (χ1) is 7.20. The Morgan fingerprint density at radius 2 is 2.40 bits per heavy atom. The highest BCUT2D eigenvalue weighted by atomic mass is 35.5. The molecule has 80 valence electrons. The van der Waals surface area contributed by atoms with Gasteiger partial charge in [0.15, 0.2) is 0 Å². The van der Waals surface area contributed by atoms with Crippen molar-refractivity contribution in [2.24, 2.45) is 5.73 Å². The van der Waals surface area contributed by atoms with Gasteiger partial charge in [0.05, 0.1) is 33.8 Å². The van der Waals surface area contributed by atoms with Gasteiger partial charge in [0, 0.05) is 0 Å². The zero-order valence-corrected chi connectivity index (χ0v) is 9.35. The van der Waals surface area contributed by atoms with Gasteiger partial charge in [-0.15, -0.1) is 11.3 Å². The number of nitrogens with zero attached hydrogens (tertiary/aromatic N) is 1. The van der Waals surface area contributed by atoms with Crippen molar-refractivity contribution in [3.63, 3.8) is 0 Å². The number of halogens is 1. The first-order valence-corrected chi connectivity index (χ1v) is 5.57. The lowest BCUT2D eigenvalue weighted by atomic mass is 10.3. The maximum atomic E-state index is 8.87. The van der Waals surface area contributed by atoms with Crippen LogP contribution in [0.3, 0.4) is 0 Å². The van der Waals surface area contributed by atoms with E-state index in [2.05, 4.69) is 9.97 Å². The maximum absolute atomic E-state index is 8.87. The Bertz CT molecular complexity index is 454. The van der Waals surface area contributed by atoms with Gasteiger partial charge in [-0.25, -0.2) is 4.98 Å². The SMILES string of the molecule is NC(CO)c1ncc(-c2ccc(Cl)s2)[nH]1. The standard InChI is InChI=1S/C9H10ClN3OS/c10-8-2-1-7(15-8)6-3-12-9(13-6)5(11)4-14/h1-3,5,14H,4,11H2,(H,12,13). The van der Waals surface area contributed by atoms with E-state index in [-0.39, 0.29) is 6.61 Å². The molecule has 1 unspecified atom stereocenters. The van der Waals surface area contributed by atoms with Crippen LogP contribution < -0.4 is 5.73 Å². The second kappa shape index (κ2) is 4.32. The number of aromatic amines is 1. The van der Waals surface area contributed by atoms with E-state index in [0.717, 1.165) is 14.9 Å². The normalized spacial score (nSPS) is 13.0. The molecule has 0 aliphatic carbocycles. The van der Waals surface area contributed by atoms with Gasteiger partial charge in [-0.2, -0.15) is 0 Å². The third-order valence-electron chi connectivity index (χ3n) is 1.98. The summed E-state index contributed by atoms with van der Waals surface area (Å²) < 4.78 is 0.729. The second-order valence-corrected chi connectivity index (χ2v) is 4.79. The van der Waals surface area contributed by atoms with Gasteiger partial charge in [0.25, 0.3) is 0 Å². The number of aliphatic hydroxyl groups excluding tert-OH is 1. The molecule has 0 bridgehead atoms. The van der Waals surface area contributed by atoms with Crippen molar-refractivity contribution in [3.8, 4) is 10.6 Å². The average Bonchev–Trinajstić information content (AvgIpc) is 2.84. The number of rotatable bonds is 3. The predicted molar refractivity (Wildman–Crippen MR) is 60.9 cm³/mol. The molecule has 15 heavy (non-hydrogen) atoms. The summed E-state index contributed by atoms with van der Waals surface area (Å²) in [6.45, 7) is -0.127. The fourth-order valence-corrected chi connectivity index (χ4v) is 2.20. The molecule has 4 nitrogen and oxygen atoms in total.